The first kappa shape index (κ1) is 17.4. The fourth-order valence-corrected chi connectivity index (χ4v) is 1.78. The van der Waals surface area contributed by atoms with E-state index < -0.39 is 0 Å². The molecular formula is C14H28N6O. The minimum atomic E-state index is 0.0210. The van der Waals surface area contributed by atoms with Gasteiger partial charge in [0.15, 0.2) is 0 Å². The van der Waals surface area contributed by atoms with Crippen molar-refractivity contribution in [2.45, 2.75) is 39.8 Å². The summed E-state index contributed by atoms with van der Waals surface area (Å²) in [7, 11) is 5.88. The molecule has 1 aromatic heterocycles. The van der Waals surface area contributed by atoms with Gasteiger partial charge < -0.3 is 20.3 Å². The number of hydrogen-bond donors (Lipinski definition) is 2. The quantitative estimate of drug-likeness (QED) is 0.756. The molecule has 1 unspecified atom stereocenters. The molecule has 2 N–H and O–H groups in total. The average molecular weight is 296 g/mol. The molecule has 1 heterocycles. The number of aromatic nitrogens is 3. The molecule has 7 heteroatoms. The van der Waals surface area contributed by atoms with Crippen molar-refractivity contribution in [2.24, 2.45) is 5.92 Å². The summed E-state index contributed by atoms with van der Waals surface area (Å²) >= 11 is 0. The fraction of sp³-hybridized carbons (Fsp3) is 0.786. The van der Waals surface area contributed by atoms with Crippen LogP contribution in [0.15, 0.2) is 0 Å². The smallest absolute Gasteiger partial charge is 0.323 e. The highest BCUT2D eigenvalue weighted by Gasteiger charge is 2.17. The normalized spacial score (nSPS) is 12.9. The van der Waals surface area contributed by atoms with Crippen molar-refractivity contribution in [1.29, 1.82) is 0 Å². The van der Waals surface area contributed by atoms with E-state index in [9.17, 15) is 0 Å². The van der Waals surface area contributed by atoms with Crippen LogP contribution >= 0.6 is 0 Å². The zero-order valence-corrected chi connectivity index (χ0v) is 14.1. The second-order valence-corrected chi connectivity index (χ2v) is 5.94. The maximum atomic E-state index is 5.57. The molecule has 0 aromatic carbocycles. The van der Waals surface area contributed by atoms with Crippen LogP contribution in [-0.2, 0) is 0 Å². The summed E-state index contributed by atoms with van der Waals surface area (Å²) in [6.07, 6.45) is 0.0210. The highest BCUT2D eigenvalue weighted by molar-refractivity contribution is 5.36. The summed E-state index contributed by atoms with van der Waals surface area (Å²) < 4.78 is 5.57. The van der Waals surface area contributed by atoms with Gasteiger partial charge in [0, 0.05) is 19.6 Å². The van der Waals surface area contributed by atoms with Gasteiger partial charge in [-0.15, -0.1) is 0 Å². The molecule has 7 nitrogen and oxygen atoms in total. The maximum absolute atomic E-state index is 5.57. The Kier molecular flexibility index (Phi) is 6.61. The molecule has 0 bridgehead atoms. The molecule has 0 fully saturated rings. The first-order valence-corrected chi connectivity index (χ1v) is 7.33. The number of rotatable bonds is 8. The van der Waals surface area contributed by atoms with Gasteiger partial charge in [0.2, 0.25) is 11.9 Å². The molecule has 1 atom stereocenters. The van der Waals surface area contributed by atoms with E-state index in [2.05, 4.69) is 58.4 Å². The second kappa shape index (κ2) is 7.97. The van der Waals surface area contributed by atoms with Gasteiger partial charge in [-0.05, 0) is 33.9 Å². The first-order valence-electron chi connectivity index (χ1n) is 7.33. The van der Waals surface area contributed by atoms with Crippen molar-refractivity contribution in [3.63, 3.8) is 0 Å². The number of anilines is 2. The number of nitrogens with zero attached hydrogens (tertiary/aromatic N) is 4. The average Bonchev–Trinajstić information content (AvgIpc) is 2.36. The monoisotopic (exact) mass is 296 g/mol. The molecule has 1 rings (SSSR count). The van der Waals surface area contributed by atoms with E-state index in [0.29, 0.717) is 23.8 Å². The van der Waals surface area contributed by atoms with Gasteiger partial charge in [-0.1, -0.05) is 13.8 Å². The number of likely N-dealkylation sites (N-methyl/N-ethyl adjacent to an activating group) is 1. The molecule has 120 valence electrons. The lowest BCUT2D eigenvalue weighted by molar-refractivity contribution is 0.222. The predicted octanol–water partition coefficient (Wildman–Crippen LogP) is 1.70. The zero-order valence-electron chi connectivity index (χ0n) is 14.1. The Morgan fingerprint density at radius 2 is 1.67 bits per heavy atom. The highest BCUT2D eigenvalue weighted by atomic mass is 16.5. The maximum Gasteiger partial charge on any atom is 0.323 e. The van der Waals surface area contributed by atoms with Crippen LogP contribution in [0.4, 0.5) is 11.9 Å². The van der Waals surface area contributed by atoms with Crippen molar-refractivity contribution in [3.8, 4) is 6.01 Å². The van der Waals surface area contributed by atoms with Crippen LogP contribution < -0.4 is 15.4 Å². The van der Waals surface area contributed by atoms with Gasteiger partial charge in [0.1, 0.15) is 0 Å². The van der Waals surface area contributed by atoms with Crippen LogP contribution in [0.25, 0.3) is 0 Å². The van der Waals surface area contributed by atoms with Crippen LogP contribution in [0, 0.1) is 5.92 Å². The fourth-order valence-electron chi connectivity index (χ4n) is 1.78. The lowest BCUT2D eigenvalue weighted by atomic mass is 10.0. The lowest BCUT2D eigenvalue weighted by Gasteiger charge is -2.25. The number of ether oxygens (including phenoxy) is 1. The van der Waals surface area contributed by atoms with Gasteiger partial charge in [0.25, 0.3) is 0 Å². The SMILES string of the molecule is CNc1nc(NC(CN(C)C)C(C)C)nc(OC(C)C)n1. The predicted molar refractivity (Wildman–Crippen MR) is 85.9 cm³/mol. The largest absolute Gasteiger partial charge is 0.461 e. The third-order valence-corrected chi connectivity index (χ3v) is 2.86. The van der Waals surface area contributed by atoms with E-state index in [1.807, 2.05) is 13.8 Å². The van der Waals surface area contributed by atoms with Crippen molar-refractivity contribution in [2.75, 3.05) is 38.3 Å². The molecule has 0 aliphatic heterocycles. The van der Waals surface area contributed by atoms with Crippen molar-refractivity contribution in [1.82, 2.24) is 19.9 Å². The van der Waals surface area contributed by atoms with Crippen molar-refractivity contribution in [3.05, 3.63) is 0 Å². The van der Waals surface area contributed by atoms with Gasteiger partial charge in [-0.2, -0.15) is 15.0 Å². The van der Waals surface area contributed by atoms with E-state index in [4.69, 9.17) is 4.74 Å². The Morgan fingerprint density at radius 1 is 1.05 bits per heavy atom. The minimum absolute atomic E-state index is 0.0210. The first-order chi connectivity index (χ1) is 9.81. The van der Waals surface area contributed by atoms with Crippen LogP contribution in [0.3, 0.4) is 0 Å². The second-order valence-electron chi connectivity index (χ2n) is 5.94. The molecule has 0 radical (unpaired) electrons. The van der Waals surface area contributed by atoms with E-state index >= 15 is 0 Å². The van der Waals surface area contributed by atoms with Crippen molar-refractivity contribution >= 4 is 11.9 Å². The lowest BCUT2D eigenvalue weighted by Crippen LogP contribution is -2.37. The van der Waals surface area contributed by atoms with Crippen LogP contribution in [0.2, 0.25) is 0 Å². The molecule has 1 aromatic rings. The molecule has 0 saturated heterocycles. The highest BCUT2D eigenvalue weighted by Crippen LogP contribution is 2.15. The Morgan fingerprint density at radius 3 is 2.14 bits per heavy atom. The summed E-state index contributed by atoms with van der Waals surface area (Å²) in [4.78, 5) is 15.0. The standard InChI is InChI=1S/C14H28N6O/c1-9(2)11(8-20(6)7)16-13-17-12(15-5)18-14(19-13)21-10(3)4/h9-11H,8H2,1-7H3,(H2,15,16,17,18,19). The van der Waals surface area contributed by atoms with Gasteiger partial charge >= 0.3 is 6.01 Å². The third kappa shape index (κ3) is 6.12. The molecule has 0 saturated carbocycles. The van der Waals surface area contributed by atoms with Gasteiger partial charge in [0.05, 0.1) is 6.10 Å². The van der Waals surface area contributed by atoms with E-state index in [-0.39, 0.29) is 12.1 Å². The van der Waals surface area contributed by atoms with Crippen LogP contribution in [-0.4, -0.2) is 59.7 Å². The third-order valence-electron chi connectivity index (χ3n) is 2.86. The Bertz CT molecular complexity index is 435. The van der Waals surface area contributed by atoms with E-state index in [0.717, 1.165) is 6.54 Å². The Balaban J connectivity index is 2.93. The zero-order chi connectivity index (χ0) is 16.0. The Hall–Kier alpha value is -1.63. The van der Waals surface area contributed by atoms with E-state index in [1.165, 1.54) is 0 Å². The summed E-state index contributed by atoms with van der Waals surface area (Å²) in [6, 6.07) is 0.582. The molecular weight excluding hydrogens is 268 g/mol. The summed E-state index contributed by atoms with van der Waals surface area (Å²) in [5.74, 6) is 1.48. The van der Waals surface area contributed by atoms with Gasteiger partial charge in [-0.3, -0.25) is 0 Å². The topological polar surface area (TPSA) is 75.2 Å². The van der Waals surface area contributed by atoms with Crippen molar-refractivity contribution < 1.29 is 4.74 Å². The minimum Gasteiger partial charge on any atom is -0.461 e. The molecule has 21 heavy (non-hydrogen) atoms. The summed E-state index contributed by atoms with van der Waals surface area (Å²) in [5, 5.41) is 6.31. The van der Waals surface area contributed by atoms with Crippen LogP contribution in [0.1, 0.15) is 27.7 Å². The number of hydrogen-bond acceptors (Lipinski definition) is 7. The molecule has 0 aliphatic carbocycles. The summed E-state index contributed by atoms with van der Waals surface area (Å²) in [5.41, 5.74) is 0. The summed E-state index contributed by atoms with van der Waals surface area (Å²) in [6.45, 7) is 9.14. The molecule has 0 aliphatic rings. The Labute approximate surface area is 127 Å². The van der Waals surface area contributed by atoms with Gasteiger partial charge in [-0.25, -0.2) is 0 Å². The van der Waals surface area contributed by atoms with Crippen LogP contribution in [0.5, 0.6) is 6.01 Å². The molecule has 0 spiro atoms. The number of nitrogens with one attached hydrogen (secondary N) is 2. The van der Waals surface area contributed by atoms with E-state index in [1.54, 1.807) is 7.05 Å². The molecule has 0 amide bonds.